The van der Waals surface area contributed by atoms with Gasteiger partial charge in [0.25, 0.3) is 5.91 Å². The standard InChI is InChI=1S/C20H22N2OS/c1-5-22-16-8-6-7-9-17(16)24-19(22)21-18(23)14-10-12-15(13-11-14)20(2,3)4/h6-13H,5H2,1-4H3. The first-order chi connectivity index (χ1) is 11.4. The van der Waals surface area contributed by atoms with Gasteiger partial charge in [-0.15, -0.1) is 0 Å². The van der Waals surface area contributed by atoms with Crippen LogP contribution in [0.15, 0.2) is 53.5 Å². The molecular weight excluding hydrogens is 316 g/mol. The summed E-state index contributed by atoms with van der Waals surface area (Å²) in [7, 11) is 0. The molecule has 0 aliphatic heterocycles. The van der Waals surface area contributed by atoms with Gasteiger partial charge in [0.05, 0.1) is 10.2 Å². The Balaban J connectivity index is 2.01. The molecule has 0 saturated carbocycles. The Labute approximate surface area is 146 Å². The van der Waals surface area contributed by atoms with Crippen LogP contribution in [-0.2, 0) is 12.0 Å². The molecule has 4 heteroatoms. The third-order valence-corrected chi connectivity index (χ3v) is 5.16. The molecule has 1 heterocycles. The Kier molecular flexibility index (Phi) is 4.41. The van der Waals surface area contributed by atoms with E-state index >= 15 is 0 Å². The molecule has 0 saturated heterocycles. The summed E-state index contributed by atoms with van der Waals surface area (Å²) in [4.78, 5) is 17.7. The number of aromatic nitrogens is 1. The van der Waals surface area contributed by atoms with Crippen LogP contribution in [0.25, 0.3) is 10.2 Å². The van der Waals surface area contributed by atoms with Gasteiger partial charge in [-0.2, -0.15) is 4.99 Å². The van der Waals surface area contributed by atoms with Crippen LogP contribution in [0.3, 0.4) is 0 Å². The van der Waals surface area contributed by atoms with E-state index < -0.39 is 0 Å². The number of para-hydroxylation sites is 1. The lowest BCUT2D eigenvalue weighted by atomic mass is 9.87. The van der Waals surface area contributed by atoms with Gasteiger partial charge in [-0.1, -0.05) is 56.4 Å². The summed E-state index contributed by atoms with van der Waals surface area (Å²) in [5, 5.41) is 0. The SMILES string of the molecule is CCn1c(=NC(=O)c2ccc(C(C)(C)C)cc2)sc2ccccc21. The molecule has 3 rings (SSSR count). The third kappa shape index (κ3) is 3.20. The van der Waals surface area contributed by atoms with E-state index in [4.69, 9.17) is 0 Å². The number of hydrogen-bond donors (Lipinski definition) is 0. The highest BCUT2D eigenvalue weighted by atomic mass is 32.1. The third-order valence-electron chi connectivity index (χ3n) is 4.10. The van der Waals surface area contributed by atoms with Crippen LogP contribution in [0.1, 0.15) is 43.6 Å². The van der Waals surface area contributed by atoms with Crippen molar-refractivity contribution in [1.82, 2.24) is 4.57 Å². The maximum atomic E-state index is 12.5. The monoisotopic (exact) mass is 338 g/mol. The molecule has 2 aromatic carbocycles. The summed E-state index contributed by atoms with van der Waals surface area (Å²) >= 11 is 1.55. The molecule has 0 radical (unpaired) electrons. The Morgan fingerprint density at radius 3 is 2.38 bits per heavy atom. The summed E-state index contributed by atoms with van der Waals surface area (Å²) in [6, 6.07) is 15.9. The van der Waals surface area contributed by atoms with Crippen molar-refractivity contribution in [3.05, 3.63) is 64.5 Å². The first kappa shape index (κ1) is 16.7. The zero-order chi connectivity index (χ0) is 17.3. The number of rotatable bonds is 2. The molecule has 0 aliphatic carbocycles. The van der Waals surface area contributed by atoms with Gasteiger partial charge in [-0.3, -0.25) is 4.79 Å². The average molecular weight is 338 g/mol. The average Bonchev–Trinajstić information content (AvgIpc) is 2.91. The van der Waals surface area contributed by atoms with Gasteiger partial charge >= 0.3 is 0 Å². The van der Waals surface area contributed by atoms with Crippen molar-refractivity contribution in [3.8, 4) is 0 Å². The number of carbonyl (C=O) groups excluding carboxylic acids is 1. The Hall–Kier alpha value is -2.20. The Bertz CT molecular complexity index is 940. The molecule has 3 nitrogen and oxygen atoms in total. The van der Waals surface area contributed by atoms with Crippen LogP contribution >= 0.6 is 11.3 Å². The maximum Gasteiger partial charge on any atom is 0.279 e. The molecule has 0 N–H and O–H groups in total. The highest BCUT2D eigenvalue weighted by Crippen LogP contribution is 2.22. The largest absolute Gasteiger partial charge is 0.317 e. The van der Waals surface area contributed by atoms with Crippen LogP contribution in [0.4, 0.5) is 0 Å². The Morgan fingerprint density at radius 1 is 1.08 bits per heavy atom. The number of benzene rings is 2. The lowest BCUT2D eigenvalue weighted by molar-refractivity contribution is 0.0998. The van der Waals surface area contributed by atoms with E-state index in [1.54, 1.807) is 11.3 Å². The second-order valence-corrected chi connectivity index (χ2v) is 7.85. The zero-order valence-corrected chi connectivity index (χ0v) is 15.4. The second kappa shape index (κ2) is 6.36. The van der Waals surface area contributed by atoms with Crippen molar-refractivity contribution in [2.75, 3.05) is 0 Å². The minimum absolute atomic E-state index is 0.0788. The van der Waals surface area contributed by atoms with Gasteiger partial charge in [0.1, 0.15) is 0 Å². The highest BCUT2D eigenvalue weighted by Gasteiger charge is 2.14. The topological polar surface area (TPSA) is 34.4 Å². The van der Waals surface area contributed by atoms with Crippen LogP contribution in [0.5, 0.6) is 0 Å². The van der Waals surface area contributed by atoms with Gasteiger partial charge in [0, 0.05) is 12.1 Å². The van der Waals surface area contributed by atoms with Crippen molar-refractivity contribution < 1.29 is 4.79 Å². The summed E-state index contributed by atoms with van der Waals surface area (Å²) < 4.78 is 3.23. The minimum Gasteiger partial charge on any atom is -0.317 e. The lowest BCUT2D eigenvalue weighted by Gasteiger charge is -2.18. The molecule has 24 heavy (non-hydrogen) atoms. The van der Waals surface area contributed by atoms with Crippen molar-refractivity contribution in [1.29, 1.82) is 0 Å². The van der Waals surface area contributed by atoms with E-state index in [1.165, 1.54) is 5.56 Å². The van der Waals surface area contributed by atoms with Crippen LogP contribution in [-0.4, -0.2) is 10.5 Å². The normalized spacial score (nSPS) is 12.8. The molecule has 124 valence electrons. The first-order valence-corrected chi connectivity index (χ1v) is 9.00. The van der Waals surface area contributed by atoms with E-state index in [-0.39, 0.29) is 11.3 Å². The van der Waals surface area contributed by atoms with Crippen molar-refractivity contribution in [2.45, 2.75) is 39.7 Å². The molecule has 0 unspecified atom stereocenters. The van der Waals surface area contributed by atoms with Gasteiger partial charge in [-0.05, 0) is 42.2 Å². The Morgan fingerprint density at radius 2 is 1.75 bits per heavy atom. The summed E-state index contributed by atoms with van der Waals surface area (Å²) in [6.07, 6.45) is 0. The molecule has 0 fully saturated rings. The molecule has 0 atom stereocenters. The second-order valence-electron chi connectivity index (χ2n) is 6.84. The van der Waals surface area contributed by atoms with Crippen LogP contribution in [0, 0.1) is 0 Å². The zero-order valence-electron chi connectivity index (χ0n) is 14.5. The van der Waals surface area contributed by atoms with Gasteiger partial charge < -0.3 is 4.57 Å². The van der Waals surface area contributed by atoms with E-state index in [1.807, 2.05) is 36.4 Å². The molecule has 0 bridgehead atoms. The van der Waals surface area contributed by atoms with Crippen LogP contribution in [0.2, 0.25) is 0 Å². The number of amides is 1. The molecule has 3 aromatic rings. The number of aryl methyl sites for hydroxylation is 1. The molecule has 1 aromatic heterocycles. The fourth-order valence-electron chi connectivity index (χ4n) is 2.68. The molecular formula is C20H22N2OS. The molecule has 1 amide bonds. The van der Waals surface area contributed by atoms with Crippen LogP contribution < -0.4 is 4.80 Å². The number of carbonyl (C=O) groups is 1. The number of nitrogens with zero attached hydrogens (tertiary/aromatic N) is 2. The van der Waals surface area contributed by atoms with Crippen molar-refractivity contribution >= 4 is 27.5 Å². The van der Waals surface area contributed by atoms with E-state index in [0.29, 0.717) is 5.56 Å². The first-order valence-electron chi connectivity index (χ1n) is 8.18. The van der Waals surface area contributed by atoms with Crippen molar-refractivity contribution in [3.63, 3.8) is 0 Å². The predicted octanol–water partition coefficient (Wildman–Crippen LogP) is 4.76. The van der Waals surface area contributed by atoms with Gasteiger partial charge in [0.15, 0.2) is 4.80 Å². The summed E-state index contributed by atoms with van der Waals surface area (Å²) in [5.41, 5.74) is 3.04. The number of thiazole rings is 1. The fraction of sp³-hybridized carbons (Fsp3) is 0.300. The van der Waals surface area contributed by atoms with E-state index in [9.17, 15) is 4.79 Å². The molecule has 0 aliphatic rings. The molecule has 0 spiro atoms. The van der Waals surface area contributed by atoms with Crippen molar-refractivity contribution in [2.24, 2.45) is 4.99 Å². The fourth-order valence-corrected chi connectivity index (χ4v) is 3.77. The van der Waals surface area contributed by atoms with Gasteiger partial charge in [0.2, 0.25) is 0 Å². The smallest absolute Gasteiger partial charge is 0.279 e. The quantitative estimate of drug-likeness (QED) is 0.663. The number of hydrogen-bond acceptors (Lipinski definition) is 2. The lowest BCUT2D eigenvalue weighted by Crippen LogP contribution is -2.16. The van der Waals surface area contributed by atoms with E-state index in [2.05, 4.69) is 49.4 Å². The van der Waals surface area contributed by atoms with Gasteiger partial charge in [-0.25, -0.2) is 0 Å². The highest BCUT2D eigenvalue weighted by molar-refractivity contribution is 7.16. The summed E-state index contributed by atoms with van der Waals surface area (Å²) in [5.74, 6) is -0.191. The summed E-state index contributed by atoms with van der Waals surface area (Å²) in [6.45, 7) is 9.35. The predicted molar refractivity (Wildman–Crippen MR) is 101 cm³/mol. The van der Waals surface area contributed by atoms with E-state index in [0.717, 1.165) is 21.6 Å². The minimum atomic E-state index is -0.191. The number of fused-ring (bicyclic) bond motifs is 1. The maximum absolute atomic E-state index is 12.5.